The highest BCUT2D eigenvalue weighted by molar-refractivity contribution is 5.28. The van der Waals surface area contributed by atoms with Crippen LogP contribution >= 0.6 is 0 Å². The van der Waals surface area contributed by atoms with E-state index in [1.165, 1.54) is 11.1 Å². The van der Waals surface area contributed by atoms with Gasteiger partial charge in [0.1, 0.15) is 0 Å². The number of ether oxygens (including phenoxy) is 2. The molecule has 1 aromatic rings. The van der Waals surface area contributed by atoms with E-state index in [9.17, 15) is 5.11 Å². The van der Waals surface area contributed by atoms with Crippen molar-refractivity contribution in [1.29, 1.82) is 0 Å². The molecule has 1 spiro atoms. The molecule has 26 heavy (non-hydrogen) atoms. The number of benzene rings is 1. The van der Waals surface area contributed by atoms with E-state index in [-0.39, 0.29) is 5.41 Å². The van der Waals surface area contributed by atoms with Crippen LogP contribution in [0.1, 0.15) is 70.0 Å². The minimum Gasteiger partial charge on any atom is -0.390 e. The Balaban J connectivity index is 1.46. The van der Waals surface area contributed by atoms with Crippen molar-refractivity contribution in [2.75, 3.05) is 19.8 Å². The monoisotopic (exact) mass is 361 g/mol. The number of hydrogen-bond donors (Lipinski definition) is 2. The van der Waals surface area contributed by atoms with Gasteiger partial charge in [0.25, 0.3) is 0 Å². The molecule has 1 saturated heterocycles. The summed E-state index contributed by atoms with van der Waals surface area (Å²) in [6.07, 6.45) is 3.83. The number of nitrogens with one attached hydrogen (secondary N) is 1. The molecule has 0 bridgehead atoms. The quantitative estimate of drug-likeness (QED) is 0.829. The van der Waals surface area contributed by atoms with Crippen LogP contribution in [0.3, 0.4) is 0 Å². The van der Waals surface area contributed by atoms with Gasteiger partial charge in [-0.1, -0.05) is 38.1 Å². The Kier molecular flexibility index (Phi) is 5.78. The van der Waals surface area contributed by atoms with Gasteiger partial charge < -0.3 is 19.9 Å². The molecule has 4 heteroatoms. The number of aryl methyl sites for hydroxylation is 1. The van der Waals surface area contributed by atoms with Crippen molar-refractivity contribution in [2.45, 2.75) is 77.2 Å². The minimum atomic E-state index is -0.608. The average Bonchev–Trinajstić information content (AvgIpc) is 2.61. The predicted octanol–water partition coefficient (Wildman–Crippen LogP) is 4.11. The van der Waals surface area contributed by atoms with Crippen LogP contribution < -0.4 is 5.32 Å². The average molecular weight is 362 g/mol. The van der Waals surface area contributed by atoms with Crippen molar-refractivity contribution in [1.82, 2.24) is 5.32 Å². The summed E-state index contributed by atoms with van der Waals surface area (Å²) < 4.78 is 12.2. The van der Waals surface area contributed by atoms with E-state index >= 15 is 0 Å². The van der Waals surface area contributed by atoms with Crippen molar-refractivity contribution < 1.29 is 14.6 Å². The van der Waals surface area contributed by atoms with E-state index in [1.54, 1.807) is 0 Å². The first-order valence-corrected chi connectivity index (χ1v) is 10.0. The lowest BCUT2D eigenvalue weighted by atomic mass is 9.78. The fourth-order valence-corrected chi connectivity index (χ4v) is 4.08. The van der Waals surface area contributed by atoms with Crippen LogP contribution in [0.15, 0.2) is 24.3 Å². The van der Waals surface area contributed by atoms with Gasteiger partial charge in [0, 0.05) is 24.3 Å². The van der Waals surface area contributed by atoms with Gasteiger partial charge >= 0.3 is 0 Å². The molecule has 0 radical (unpaired) electrons. The Morgan fingerprint density at radius 3 is 2.31 bits per heavy atom. The van der Waals surface area contributed by atoms with Gasteiger partial charge in [0.05, 0.1) is 18.8 Å². The molecule has 1 aliphatic carbocycles. The molecule has 0 amide bonds. The highest BCUT2D eigenvalue weighted by Gasteiger charge is 2.46. The molecule has 2 N–H and O–H groups in total. The molecule has 3 rings (SSSR count). The molecule has 1 aliphatic heterocycles. The molecule has 1 heterocycles. The van der Waals surface area contributed by atoms with Gasteiger partial charge in [0.2, 0.25) is 0 Å². The van der Waals surface area contributed by atoms with Crippen molar-refractivity contribution >= 4 is 0 Å². The zero-order chi connectivity index (χ0) is 18.8. The van der Waals surface area contributed by atoms with Crippen LogP contribution in [-0.4, -0.2) is 36.3 Å². The number of aliphatic hydroxyl groups is 1. The molecule has 1 aromatic carbocycles. The normalized spacial score (nSPS) is 25.1. The van der Waals surface area contributed by atoms with Crippen molar-refractivity contribution in [2.24, 2.45) is 5.41 Å². The summed E-state index contributed by atoms with van der Waals surface area (Å²) in [4.78, 5) is 0. The molecule has 146 valence electrons. The summed E-state index contributed by atoms with van der Waals surface area (Å²) in [5, 5.41) is 14.5. The van der Waals surface area contributed by atoms with E-state index in [2.05, 4.69) is 57.3 Å². The lowest BCUT2D eigenvalue weighted by Gasteiger charge is -2.48. The van der Waals surface area contributed by atoms with Crippen molar-refractivity contribution in [3.8, 4) is 0 Å². The van der Waals surface area contributed by atoms with Crippen LogP contribution in [0.25, 0.3) is 0 Å². The van der Waals surface area contributed by atoms with Gasteiger partial charge in [-0.3, -0.25) is 0 Å². The van der Waals surface area contributed by atoms with E-state index < -0.39 is 11.4 Å². The van der Waals surface area contributed by atoms with Crippen LogP contribution in [0.2, 0.25) is 0 Å². The maximum Gasteiger partial charge on any atom is 0.168 e. The second kappa shape index (κ2) is 7.59. The predicted molar refractivity (Wildman–Crippen MR) is 104 cm³/mol. The summed E-state index contributed by atoms with van der Waals surface area (Å²) in [6.45, 7) is 11.0. The highest BCUT2D eigenvalue weighted by atomic mass is 16.7. The van der Waals surface area contributed by atoms with Crippen LogP contribution in [-0.2, 0) is 9.47 Å². The highest BCUT2D eigenvalue weighted by Crippen LogP contribution is 2.43. The number of hydrogen-bond acceptors (Lipinski definition) is 4. The third-order valence-electron chi connectivity index (χ3n) is 6.09. The van der Waals surface area contributed by atoms with Gasteiger partial charge in [-0.2, -0.15) is 0 Å². The van der Waals surface area contributed by atoms with Crippen molar-refractivity contribution in [3.63, 3.8) is 0 Å². The zero-order valence-corrected chi connectivity index (χ0v) is 16.8. The number of rotatable bonds is 5. The summed E-state index contributed by atoms with van der Waals surface area (Å²) in [6, 6.07) is 8.77. The summed E-state index contributed by atoms with van der Waals surface area (Å²) >= 11 is 0. The minimum absolute atomic E-state index is 0.0919. The third-order valence-corrected chi connectivity index (χ3v) is 6.09. The van der Waals surface area contributed by atoms with E-state index in [0.29, 0.717) is 6.04 Å². The maximum absolute atomic E-state index is 11.0. The topological polar surface area (TPSA) is 50.7 Å². The van der Waals surface area contributed by atoms with Crippen LogP contribution in [0.4, 0.5) is 0 Å². The molecule has 1 unspecified atom stereocenters. The molecular weight excluding hydrogens is 326 g/mol. The lowest BCUT2D eigenvalue weighted by Crippen LogP contribution is -2.52. The first kappa shape index (κ1) is 19.8. The van der Waals surface area contributed by atoms with E-state index in [1.807, 2.05) is 0 Å². The molecule has 1 atom stereocenters. The van der Waals surface area contributed by atoms with Gasteiger partial charge in [-0.25, -0.2) is 0 Å². The first-order valence-electron chi connectivity index (χ1n) is 10.0. The molecule has 1 saturated carbocycles. The molecule has 0 aromatic heterocycles. The summed E-state index contributed by atoms with van der Waals surface area (Å²) in [5.74, 6) is -0.455. The molecule has 2 aliphatic rings. The molecule has 4 nitrogen and oxygen atoms in total. The maximum atomic E-state index is 11.0. The third kappa shape index (κ3) is 4.66. The fraction of sp³-hybridized carbons (Fsp3) is 0.727. The second-order valence-electron chi connectivity index (χ2n) is 9.16. The SMILES string of the molecule is Cc1ccccc1C(C)NCCC1(O)CCC2(CC1)OCC(C)(C)CO2. The Labute approximate surface area is 158 Å². The van der Waals surface area contributed by atoms with Gasteiger partial charge in [-0.15, -0.1) is 0 Å². The summed E-state index contributed by atoms with van der Waals surface area (Å²) in [5.41, 5.74) is 2.12. The Morgan fingerprint density at radius 2 is 1.69 bits per heavy atom. The Bertz CT molecular complexity index is 593. The molecular formula is C22H35NO3. The van der Waals surface area contributed by atoms with Gasteiger partial charge in [0.15, 0.2) is 5.79 Å². The Hall–Kier alpha value is -0.940. The summed E-state index contributed by atoms with van der Waals surface area (Å²) in [7, 11) is 0. The second-order valence-corrected chi connectivity index (χ2v) is 9.16. The van der Waals surface area contributed by atoms with Crippen molar-refractivity contribution in [3.05, 3.63) is 35.4 Å². The molecule has 2 fully saturated rings. The smallest absolute Gasteiger partial charge is 0.168 e. The van der Waals surface area contributed by atoms with E-state index in [0.717, 1.165) is 51.9 Å². The van der Waals surface area contributed by atoms with Gasteiger partial charge in [-0.05, 0) is 50.8 Å². The Morgan fingerprint density at radius 1 is 1.08 bits per heavy atom. The largest absolute Gasteiger partial charge is 0.390 e. The van der Waals surface area contributed by atoms with E-state index in [4.69, 9.17) is 9.47 Å². The van der Waals surface area contributed by atoms with Crippen LogP contribution in [0.5, 0.6) is 0 Å². The zero-order valence-electron chi connectivity index (χ0n) is 16.8. The van der Waals surface area contributed by atoms with Crippen LogP contribution in [0, 0.1) is 12.3 Å². The fourth-order valence-electron chi connectivity index (χ4n) is 4.08. The standard InChI is InChI=1S/C22H35NO3/c1-17-7-5-6-8-19(17)18(2)23-14-13-21(24)9-11-22(12-10-21)25-15-20(3,4)16-26-22/h5-8,18,23-24H,9-16H2,1-4H3. The first-order chi connectivity index (χ1) is 12.2. The lowest BCUT2D eigenvalue weighted by molar-refractivity contribution is -0.319.